The van der Waals surface area contributed by atoms with Gasteiger partial charge in [-0.3, -0.25) is 10.1 Å². The van der Waals surface area contributed by atoms with Gasteiger partial charge in [0.2, 0.25) is 10.0 Å². The molecule has 1 fully saturated rings. The van der Waals surface area contributed by atoms with E-state index in [9.17, 15) is 18.5 Å². The average Bonchev–Trinajstić information content (AvgIpc) is 2.69. The molecule has 2 atom stereocenters. The number of nitro groups is 1. The third-order valence-electron chi connectivity index (χ3n) is 5.29. The monoisotopic (exact) mass is 388 g/mol. The topological polar surface area (TPSA) is 80.5 Å². The van der Waals surface area contributed by atoms with Crippen molar-refractivity contribution >= 4 is 15.7 Å². The predicted octanol–water partition coefficient (Wildman–Crippen LogP) is 4.33. The molecule has 144 valence electrons. The molecule has 1 saturated carbocycles. The fraction of sp³-hybridized carbons (Fsp3) is 0.400. The molecule has 0 amide bonds. The van der Waals surface area contributed by atoms with Crippen molar-refractivity contribution in [2.75, 3.05) is 6.54 Å². The quantitative estimate of drug-likeness (QED) is 0.545. The Bertz CT molecular complexity index is 899. The van der Waals surface area contributed by atoms with E-state index in [0.717, 1.165) is 31.2 Å². The number of hydrogen-bond acceptors (Lipinski definition) is 4. The van der Waals surface area contributed by atoms with Crippen molar-refractivity contribution in [2.24, 2.45) is 0 Å². The summed E-state index contributed by atoms with van der Waals surface area (Å²) in [5.74, 6) is 0.0949. The van der Waals surface area contributed by atoms with E-state index >= 15 is 0 Å². The van der Waals surface area contributed by atoms with E-state index < -0.39 is 14.9 Å². The van der Waals surface area contributed by atoms with Crippen molar-refractivity contribution < 1.29 is 13.3 Å². The van der Waals surface area contributed by atoms with Crippen LogP contribution in [0, 0.1) is 10.1 Å². The molecule has 6 nitrogen and oxygen atoms in total. The number of benzene rings is 2. The summed E-state index contributed by atoms with van der Waals surface area (Å²) < 4.78 is 28.2. The SMILES string of the molecule is CCN([C@H]1CCCC[C@@H]1c1ccccc1)S(=O)(=O)c1ccccc1[N+](=O)[O-]. The molecular formula is C20H24N2O4S. The van der Waals surface area contributed by atoms with Crippen LogP contribution < -0.4 is 0 Å². The molecule has 0 aromatic heterocycles. The van der Waals surface area contributed by atoms with Crippen LogP contribution in [0.25, 0.3) is 0 Å². The minimum absolute atomic E-state index is 0.0949. The Hall–Kier alpha value is -2.25. The minimum Gasteiger partial charge on any atom is -0.258 e. The first-order chi connectivity index (χ1) is 13.0. The van der Waals surface area contributed by atoms with Gasteiger partial charge in [0.15, 0.2) is 4.90 Å². The lowest BCUT2D eigenvalue weighted by Gasteiger charge is -2.39. The van der Waals surface area contributed by atoms with E-state index in [1.807, 2.05) is 30.3 Å². The summed E-state index contributed by atoms with van der Waals surface area (Å²) in [6.45, 7) is 2.07. The zero-order valence-corrected chi connectivity index (χ0v) is 16.1. The van der Waals surface area contributed by atoms with Crippen molar-refractivity contribution in [1.82, 2.24) is 4.31 Å². The molecule has 0 aliphatic heterocycles. The summed E-state index contributed by atoms with van der Waals surface area (Å²) in [4.78, 5) is 10.5. The molecular weight excluding hydrogens is 364 g/mol. The fourth-order valence-electron chi connectivity index (χ4n) is 4.08. The van der Waals surface area contributed by atoms with Crippen molar-refractivity contribution in [2.45, 2.75) is 49.5 Å². The number of likely N-dealkylation sites (N-methyl/N-ethyl adjacent to an activating group) is 1. The molecule has 0 spiro atoms. The maximum Gasteiger partial charge on any atom is 0.289 e. The van der Waals surface area contributed by atoms with Gasteiger partial charge in [0, 0.05) is 24.6 Å². The Labute approximate surface area is 160 Å². The number of rotatable bonds is 6. The highest BCUT2D eigenvalue weighted by Crippen LogP contribution is 2.39. The van der Waals surface area contributed by atoms with Gasteiger partial charge in [-0.1, -0.05) is 62.2 Å². The number of sulfonamides is 1. The highest BCUT2D eigenvalue weighted by atomic mass is 32.2. The van der Waals surface area contributed by atoms with Crippen LogP contribution in [-0.4, -0.2) is 30.2 Å². The molecule has 0 unspecified atom stereocenters. The number of nitro benzene ring substituents is 1. The molecule has 1 aliphatic carbocycles. The molecule has 27 heavy (non-hydrogen) atoms. The maximum absolute atomic E-state index is 13.4. The molecule has 3 rings (SSSR count). The Morgan fingerprint density at radius 1 is 1.04 bits per heavy atom. The number of hydrogen-bond donors (Lipinski definition) is 0. The van der Waals surface area contributed by atoms with Crippen molar-refractivity contribution in [3.8, 4) is 0 Å². The second-order valence-corrected chi connectivity index (χ2v) is 8.66. The first kappa shape index (κ1) is 19.5. The third-order valence-corrected chi connectivity index (χ3v) is 7.33. The predicted molar refractivity (Wildman–Crippen MR) is 104 cm³/mol. The van der Waals surface area contributed by atoms with Crippen LogP contribution >= 0.6 is 0 Å². The van der Waals surface area contributed by atoms with Gasteiger partial charge in [-0.2, -0.15) is 4.31 Å². The van der Waals surface area contributed by atoms with Crippen LogP contribution in [0.1, 0.15) is 44.1 Å². The summed E-state index contributed by atoms with van der Waals surface area (Å²) in [6.07, 6.45) is 3.68. The molecule has 1 aliphatic rings. The van der Waals surface area contributed by atoms with E-state index in [1.54, 1.807) is 6.92 Å². The third kappa shape index (κ3) is 3.89. The Balaban J connectivity index is 2.03. The zero-order chi connectivity index (χ0) is 19.4. The number of nitrogens with zero attached hydrogens (tertiary/aromatic N) is 2. The Morgan fingerprint density at radius 2 is 1.67 bits per heavy atom. The van der Waals surface area contributed by atoms with Gasteiger partial charge in [0.05, 0.1) is 4.92 Å². The van der Waals surface area contributed by atoms with Crippen LogP contribution in [-0.2, 0) is 10.0 Å². The molecule has 0 bridgehead atoms. The minimum atomic E-state index is -3.98. The molecule has 2 aromatic rings. The lowest BCUT2D eigenvalue weighted by Crippen LogP contribution is -2.45. The highest BCUT2D eigenvalue weighted by molar-refractivity contribution is 7.89. The summed E-state index contributed by atoms with van der Waals surface area (Å²) in [6, 6.07) is 15.3. The summed E-state index contributed by atoms with van der Waals surface area (Å²) >= 11 is 0. The van der Waals surface area contributed by atoms with E-state index in [1.165, 1.54) is 28.6 Å². The lowest BCUT2D eigenvalue weighted by atomic mass is 9.80. The van der Waals surface area contributed by atoms with Crippen LogP contribution in [0.4, 0.5) is 5.69 Å². The van der Waals surface area contributed by atoms with Gasteiger partial charge in [0.1, 0.15) is 0 Å². The van der Waals surface area contributed by atoms with Crippen molar-refractivity contribution in [3.63, 3.8) is 0 Å². The highest BCUT2D eigenvalue weighted by Gasteiger charge is 2.39. The standard InChI is InChI=1S/C20H24N2O4S/c1-2-21(27(25,26)20-15-9-8-14-19(20)22(23)24)18-13-7-6-12-17(18)16-10-4-3-5-11-16/h3-5,8-11,14-15,17-18H,2,6-7,12-13H2,1H3/t17-,18+/m1/s1. The summed E-state index contributed by atoms with van der Waals surface area (Å²) in [5.41, 5.74) is 0.751. The smallest absolute Gasteiger partial charge is 0.258 e. The first-order valence-corrected chi connectivity index (χ1v) is 10.7. The van der Waals surface area contributed by atoms with Crippen LogP contribution in [0.3, 0.4) is 0 Å². The van der Waals surface area contributed by atoms with Crippen LogP contribution in [0.2, 0.25) is 0 Å². The summed E-state index contributed by atoms with van der Waals surface area (Å²) in [5, 5.41) is 11.4. The van der Waals surface area contributed by atoms with Crippen LogP contribution in [0.15, 0.2) is 59.5 Å². The van der Waals surface area contributed by atoms with E-state index in [2.05, 4.69) is 0 Å². The fourth-order valence-corrected chi connectivity index (χ4v) is 5.94. The maximum atomic E-state index is 13.4. The van der Waals surface area contributed by atoms with Crippen molar-refractivity contribution in [3.05, 3.63) is 70.3 Å². The molecule has 0 heterocycles. The van der Waals surface area contributed by atoms with Crippen LogP contribution in [0.5, 0.6) is 0 Å². The Kier molecular flexibility index (Phi) is 5.92. The van der Waals surface area contributed by atoms with Gasteiger partial charge < -0.3 is 0 Å². The van der Waals surface area contributed by atoms with E-state index in [-0.39, 0.29) is 29.1 Å². The normalized spacial score (nSPS) is 20.5. The van der Waals surface area contributed by atoms with Gasteiger partial charge in [-0.25, -0.2) is 8.42 Å². The molecule has 0 radical (unpaired) electrons. The van der Waals surface area contributed by atoms with Crippen molar-refractivity contribution in [1.29, 1.82) is 0 Å². The zero-order valence-electron chi connectivity index (χ0n) is 15.3. The van der Waals surface area contributed by atoms with Gasteiger partial charge in [-0.05, 0) is 24.5 Å². The number of para-hydroxylation sites is 1. The van der Waals surface area contributed by atoms with E-state index in [4.69, 9.17) is 0 Å². The molecule has 7 heteroatoms. The second-order valence-electron chi connectivity index (χ2n) is 6.80. The molecule has 0 saturated heterocycles. The largest absolute Gasteiger partial charge is 0.289 e. The van der Waals surface area contributed by atoms with Gasteiger partial charge in [-0.15, -0.1) is 0 Å². The molecule has 2 aromatic carbocycles. The molecule has 0 N–H and O–H groups in total. The first-order valence-electron chi connectivity index (χ1n) is 9.27. The summed E-state index contributed by atoms with van der Waals surface area (Å²) in [7, 11) is -3.98. The second kappa shape index (κ2) is 8.19. The lowest BCUT2D eigenvalue weighted by molar-refractivity contribution is -0.387. The van der Waals surface area contributed by atoms with E-state index in [0.29, 0.717) is 0 Å². The average molecular weight is 388 g/mol. The van der Waals surface area contributed by atoms with Gasteiger partial charge in [0.25, 0.3) is 5.69 Å². The van der Waals surface area contributed by atoms with Gasteiger partial charge >= 0.3 is 0 Å². The Morgan fingerprint density at radius 3 is 2.33 bits per heavy atom.